The number of hydrazine groups is 1. The van der Waals surface area contributed by atoms with Crippen LogP contribution < -0.4 is 11.3 Å². The number of aliphatic imine (C=N–C) groups is 1. The fourth-order valence-electron chi connectivity index (χ4n) is 0.606. The average Bonchev–Trinajstić information content (AvgIpc) is 2.05. The van der Waals surface area contributed by atoms with Gasteiger partial charge in [-0.3, -0.25) is 10.3 Å². The highest BCUT2D eigenvalue weighted by atomic mass is 16.2. The summed E-state index contributed by atoms with van der Waals surface area (Å²) in [5, 5.41) is 0. The zero-order chi connectivity index (χ0) is 7.40. The SMILES string of the molecule is NNC(=O)N1C=NC=CC1. The van der Waals surface area contributed by atoms with Gasteiger partial charge < -0.3 is 0 Å². The lowest BCUT2D eigenvalue weighted by atomic mass is 10.5. The Morgan fingerprint density at radius 3 is 3.10 bits per heavy atom. The molecule has 0 aliphatic carbocycles. The quantitative estimate of drug-likeness (QED) is 0.268. The summed E-state index contributed by atoms with van der Waals surface area (Å²) in [7, 11) is 0. The molecule has 0 fully saturated rings. The van der Waals surface area contributed by atoms with Gasteiger partial charge in [-0.2, -0.15) is 0 Å². The number of carbonyl (C=O) groups is 1. The van der Waals surface area contributed by atoms with Crippen LogP contribution in [0.1, 0.15) is 0 Å². The van der Waals surface area contributed by atoms with Crippen LogP contribution in [0.3, 0.4) is 0 Å². The van der Waals surface area contributed by atoms with Crippen LogP contribution in [0.5, 0.6) is 0 Å². The Balaban J connectivity index is 2.51. The number of hydrogen-bond donors (Lipinski definition) is 2. The van der Waals surface area contributed by atoms with Crippen LogP contribution in [0.25, 0.3) is 0 Å². The molecule has 0 aromatic rings. The maximum absolute atomic E-state index is 10.7. The van der Waals surface area contributed by atoms with Crippen LogP contribution in [-0.4, -0.2) is 23.8 Å². The second kappa shape index (κ2) is 2.98. The van der Waals surface area contributed by atoms with Crippen LogP contribution in [0.2, 0.25) is 0 Å². The van der Waals surface area contributed by atoms with Gasteiger partial charge in [0.15, 0.2) is 0 Å². The molecule has 0 radical (unpaired) electrons. The Kier molecular flexibility index (Phi) is 2.01. The molecule has 0 unspecified atom stereocenters. The summed E-state index contributed by atoms with van der Waals surface area (Å²) in [4.78, 5) is 15.8. The maximum atomic E-state index is 10.7. The molecular weight excluding hydrogens is 132 g/mol. The zero-order valence-electron chi connectivity index (χ0n) is 5.32. The summed E-state index contributed by atoms with van der Waals surface area (Å²) in [6.07, 6.45) is 4.80. The first-order valence-corrected chi connectivity index (χ1v) is 2.80. The molecule has 3 N–H and O–H groups in total. The molecule has 0 aromatic heterocycles. The molecule has 0 saturated heterocycles. The van der Waals surface area contributed by atoms with Crippen molar-refractivity contribution in [3.8, 4) is 0 Å². The van der Waals surface area contributed by atoms with Crippen molar-refractivity contribution in [3.05, 3.63) is 12.3 Å². The van der Waals surface area contributed by atoms with E-state index in [2.05, 4.69) is 4.99 Å². The van der Waals surface area contributed by atoms with E-state index in [4.69, 9.17) is 5.84 Å². The Morgan fingerprint density at radius 1 is 1.80 bits per heavy atom. The van der Waals surface area contributed by atoms with E-state index in [-0.39, 0.29) is 6.03 Å². The number of carbonyl (C=O) groups excluding carboxylic acids is 1. The molecule has 54 valence electrons. The summed E-state index contributed by atoms with van der Waals surface area (Å²) < 4.78 is 0. The van der Waals surface area contributed by atoms with Crippen molar-refractivity contribution < 1.29 is 4.79 Å². The van der Waals surface area contributed by atoms with Gasteiger partial charge in [-0.05, 0) is 6.08 Å². The van der Waals surface area contributed by atoms with E-state index in [1.807, 2.05) is 5.43 Å². The smallest absolute Gasteiger partial charge is 0.280 e. The van der Waals surface area contributed by atoms with Crippen molar-refractivity contribution in [1.82, 2.24) is 10.3 Å². The van der Waals surface area contributed by atoms with Gasteiger partial charge >= 0.3 is 6.03 Å². The molecule has 0 spiro atoms. The number of nitrogens with two attached hydrogens (primary N) is 1. The summed E-state index contributed by atoms with van der Waals surface area (Å²) in [6, 6.07) is -0.354. The molecule has 1 aliphatic rings. The van der Waals surface area contributed by atoms with Gasteiger partial charge in [-0.1, -0.05) is 0 Å². The molecular formula is C5H8N4O. The summed E-state index contributed by atoms with van der Waals surface area (Å²) in [6.45, 7) is 0.520. The van der Waals surface area contributed by atoms with Crippen LogP contribution >= 0.6 is 0 Å². The van der Waals surface area contributed by atoms with Gasteiger partial charge in [0.05, 0.1) is 6.34 Å². The van der Waals surface area contributed by atoms with E-state index in [9.17, 15) is 4.79 Å². The molecule has 2 amide bonds. The third kappa shape index (κ3) is 1.32. The fourth-order valence-corrected chi connectivity index (χ4v) is 0.606. The molecule has 5 heteroatoms. The van der Waals surface area contributed by atoms with Crippen LogP contribution in [0.4, 0.5) is 4.79 Å². The standard InChI is InChI=1S/C5H8N4O/c6-8-5(10)9-3-1-2-7-4-9/h1-2,4H,3,6H2,(H,8,10). The van der Waals surface area contributed by atoms with Crippen LogP contribution in [-0.2, 0) is 0 Å². The Bertz CT molecular complexity index is 186. The summed E-state index contributed by atoms with van der Waals surface area (Å²) in [5.74, 6) is 4.88. The van der Waals surface area contributed by atoms with E-state index < -0.39 is 0 Å². The highest BCUT2D eigenvalue weighted by molar-refractivity contribution is 5.86. The van der Waals surface area contributed by atoms with Crippen LogP contribution in [0.15, 0.2) is 17.3 Å². The number of urea groups is 1. The fraction of sp³-hybridized carbons (Fsp3) is 0.200. The van der Waals surface area contributed by atoms with E-state index >= 15 is 0 Å². The molecule has 1 rings (SSSR count). The van der Waals surface area contributed by atoms with Gasteiger partial charge in [0.1, 0.15) is 0 Å². The molecule has 0 bridgehead atoms. The first-order chi connectivity index (χ1) is 4.84. The third-order valence-electron chi connectivity index (χ3n) is 1.08. The summed E-state index contributed by atoms with van der Waals surface area (Å²) in [5.41, 5.74) is 2.00. The third-order valence-corrected chi connectivity index (χ3v) is 1.08. The number of amides is 2. The van der Waals surface area contributed by atoms with Crippen molar-refractivity contribution in [3.63, 3.8) is 0 Å². The van der Waals surface area contributed by atoms with Gasteiger partial charge in [-0.25, -0.2) is 15.6 Å². The molecule has 1 aliphatic heterocycles. The summed E-state index contributed by atoms with van der Waals surface area (Å²) >= 11 is 0. The first-order valence-electron chi connectivity index (χ1n) is 2.80. The normalized spacial score (nSPS) is 15.5. The minimum Gasteiger partial charge on any atom is -0.280 e. The minimum atomic E-state index is -0.354. The van der Waals surface area contributed by atoms with Gasteiger partial charge in [0.25, 0.3) is 0 Å². The highest BCUT2D eigenvalue weighted by Crippen LogP contribution is 1.91. The van der Waals surface area contributed by atoms with E-state index in [1.165, 1.54) is 11.2 Å². The molecule has 10 heavy (non-hydrogen) atoms. The van der Waals surface area contributed by atoms with Crippen molar-refractivity contribution in [2.45, 2.75) is 0 Å². The minimum absolute atomic E-state index is 0.354. The second-order valence-corrected chi connectivity index (χ2v) is 1.75. The average molecular weight is 140 g/mol. The van der Waals surface area contributed by atoms with E-state index in [0.717, 1.165) is 0 Å². The van der Waals surface area contributed by atoms with Gasteiger partial charge in [-0.15, -0.1) is 0 Å². The van der Waals surface area contributed by atoms with Crippen LogP contribution in [0, 0.1) is 0 Å². The Morgan fingerprint density at radius 2 is 2.60 bits per heavy atom. The van der Waals surface area contributed by atoms with E-state index in [0.29, 0.717) is 6.54 Å². The molecule has 5 nitrogen and oxygen atoms in total. The Labute approximate surface area is 58.2 Å². The molecule has 1 heterocycles. The number of nitrogens with zero attached hydrogens (tertiary/aromatic N) is 2. The Hall–Kier alpha value is -1.36. The topological polar surface area (TPSA) is 70.7 Å². The van der Waals surface area contributed by atoms with Crippen molar-refractivity contribution >= 4 is 12.4 Å². The largest absolute Gasteiger partial charge is 0.337 e. The lowest BCUT2D eigenvalue weighted by Crippen LogP contribution is -2.43. The number of nitrogens with one attached hydrogen (secondary N) is 1. The number of hydrogen-bond acceptors (Lipinski definition) is 3. The highest BCUT2D eigenvalue weighted by Gasteiger charge is 2.07. The van der Waals surface area contributed by atoms with Gasteiger partial charge in [0.2, 0.25) is 0 Å². The molecule has 0 atom stereocenters. The lowest BCUT2D eigenvalue weighted by Gasteiger charge is -2.15. The van der Waals surface area contributed by atoms with Crippen molar-refractivity contribution in [2.24, 2.45) is 10.8 Å². The number of rotatable bonds is 0. The molecule has 0 saturated carbocycles. The second-order valence-electron chi connectivity index (χ2n) is 1.75. The predicted octanol–water partition coefficient (Wildman–Crippen LogP) is -0.573. The maximum Gasteiger partial charge on any atom is 0.337 e. The monoisotopic (exact) mass is 140 g/mol. The zero-order valence-corrected chi connectivity index (χ0v) is 5.32. The lowest BCUT2D eigenvalue weighted by molar-refractivity contribution is 0.224. The predicted molar refractivity (Wildman–Crippen MR) is 37.1 cm³/mol. The first kappa shape index (κ1) is 6.76. The molecule has 0 aromatic carbocycles. The van der Waals surface area contributed by atoms with E-state index in [1.54, 1.807) is 12.3 Å². The van der Waals surface area contributed by atoms with Crippen molar-refractivity contribution in [2.75, 3.05) is 6.54 Å². The van der Waals surface area contributed by atoms with Crippen molar-refractivity contribution in [1.29, 1.82) is 0 Å². The van der Waals surface area contributed by atoms with Gasteiger partial charge in [0, 0.05) is 12.7 Å².